The fourth-order valence-corrected chi connectivity index (χ4v) is 4.39. The average molecular weight is 413 g/mol. The molecule has 3 rings (SSSR count). The van der Waals surface area contributed by atoms with E-state index in [1.807, 2.05) is 28.0 Å². The van der Waals surface area contributed by atoms with Gasteiger partial charge in [0, 0.05) is 43.1 Å². The van der Waals surface area contributed by atoms with Crippen LogP contribution in [0.15, 0.2) is 22.0 Å². The Labute approximate surface area is 154 Å². The molecule has 0 aromatic carbocycles. The van der Waals surface area contributed by atoms with Crippen LogP contribution in [-0.2, 0) is 14.3 Å². The molecule has 0 saturated carbocycles. The number of carbonyl (C=O) groups is 2. The minimum absolute atomic E-state index is 0.0248. The molecule has 0 bridgehead atoms. The maximum Gasteiger partial charge on any atom is 0.246 e. The van der Waals surface area contributed by atoms with Gasteiger partial charge in [0.2, 0.25) is 11.8 Å². The molecule has 2 aliphatic rings. The van der Waals surface area contributed by atoms with Crippen molar-refractivity contribution in [3.63, 3.8) is 0 Å². The normalized spacial score (nSPS) is 19.9. The first-order chi connectivity index (χ1) is 11.6. The minimum Gasteiger partial charge on any atom is -0.378 e. The molecule has 2 amide bonds. The number of nitrogens with zero attached hydrogens (tertiary/aromatic N) is 2. The highest BCUT2D eigenvalue weighted by Crippen LogP contribution is 2.24. The standard InChI is InChI=1S/C17H21BrN2O3S/c18-15-3-1-14(24-15)2-4-16(21)19-7-5-13(6-8-19)17(22)20-9-11-23-12-10-20/h1-4,13H,5-12H2/b4-2+. The number of rotatable bonds is 3. The van der Waals surface area contributed by atoms with Gasteiger partial charge in [-0.2, -0.15) is 0 Å². The molecule has 0 N–H and O–H groups in total. The largest absolute Gasteiger partial charge is 0.378 e. The number of halogens is 1. The van der Waals surface area contributed by atoms with E-state index < -0.39 is 0 Å². The second kappa shape index (κ2) is 8.27. The van der Waals surface area contributed by atoms with Crippen LogP contribution < -0.4 is 0 Å². The number of hydrogen-bond donors (Lipinski definition) is 0. The highest BCUT2D eigenvalue weighted by molar-refractivity contribution is 9.11. The van der Waals surface area contributed by atoms with Crippen molar-refractivity contribution >= 4 is 45.2 Å². The lowest BCUT2D eigenvalue weighted by molar-refractivity contribution is -0.142. The van der Waals surface area contributed by atoms with Gasteiger partial charge in [-0.3, -0.25) is 9.59 Å². The zero-order valence-electron chi connectivity index (χ0n) is 13.4. The molecule has 0 unspecified atom stereocenters. The van der Waals surface area contributed by atoms with E-state index in [9.17, 15) is 9.59 Å². The third kappa shape index (κ3) is 4.46. The van der Waals surface area contributed by atoms with Gasteiger partial charge in [0.05, 0.1) is 17.0 Å². The Morgan fingerprint density at radius 2 is 1.83 bits per heavy atom. The zero-order valence-corrected chi connectivity index (χ0v) is 15.9. The number of carbonyl (C=O) groups excluding carboxylic acids is 2. The van der Waals surface area contributed by atoms with Crippen molar-refractivity contribution in [2.75, 3.05) is 39.4 Å². The van der Waals surface area contributed by atoms with Crippen molar-refractivity contribution in [3.05, 3.63) is 26.9 Å². The summed E-state index contributed by atoms with van der Waals surface area (Å²) >= 11 is 5.01. The van der Waals surface area contributed by atoms with Crippen molar-refractivity contribution in [3.8, 4) is 0 Å². The Balaban J connectivity index is 1.48. The summed E-state index contributed by atoms with van der Waals surface area (Å²) in [5.74, 6) is 0.297. The Morgan fingerprint density at radius 1 is 1.12 bits per heavy atom. The lowest BCUT2D eigenvalue weighted by Gasteiger charge is -2.35. The summed E-state index contributed by atoms with van der Waals surface area (Å²) in [6, 6.07) is 3.95. The molecule has 2 fully saturated rings. The Hall–Kier alpha value is -1.18. The molecular formula is C17H21BrN2O3S. The van der Waals surface area contributed by atoms with Crippen molar-refractivity contribution < 1.29 is 14.3 Å². The summed E-state index contributed by atoms with van der Waals surface area (Å²) in [6.07, 6.45) is 4.98. The first kappa shape index (κ1) is 17.6. The van der Waals surface area contributed by atoms with Gasteiger partial charge in [0.25, 0.3) is 0 Å². The highest BCUT2D eigenvalue weighted by Gasteiger charge is 2.30. The van der Waals surface area contributed by atoms with Crippen LogP contribution in [0.5, 0.6) is 0 Å². The fraction of sp³-hybridized carbons (Fsp3) is 0.529. The topological polar surface area (TPSA) is 49.9 Å². The van der Waals surface area contributed by atoms with Gasteiger partial charge in [0.1, 0.15) is 0 Å². The van der Waals surface area contributed by atoms with Crippen molar-refractivity contribution in [2.24, 2.45) is 5.92 Å². The van der Waals surface area contributed by atoms with Crippen LogP contribution in [-0.4, -0.2) is 61.0 Å². The maximum atomic E-state index is 12.5. The van der Waals surface area contributed by atoms with Gasteiger partial charge < -0.3 is 14.5 Å². The second-order valence-electron chi connectivity index (χ2n) is 6.01. The van der Waals surface area contributed by atoms with E-state index in [0.717, 1.165) is 21.5 Å². The highest BCUT2D eigenvalue weighted by atomic mass is 79.9. The van der Waals surface area contributed by atoms with E-state index in [2.05, 4.69) is 15.9 Å². The Kier molecular flexibility index (Phi) is 6.08. The smallest absolute Gasteiger partial charge is 0.246 e. The van der Waals surface area contributed by atoms with Gasteiger partial charge in [-0.1, -0.05) is 0 Å². The van der Waals surface area contributed by atoms with E-state index in [1.165, 1.54) is 0 Å². The molecule has 7 heteroatoms. The SMILES string of the molecule is O=C(/C=C/c1ccc(Br)s1)N1CCC(C(=O)N2CCOCC2)CC1. The van der Waals surface area contributed by atoms with Crippen LogP contribution in [0.2, 0.25) is 0 Å². The third-order valence-corrected chi connectivity index (χ3v) is 6.05. The summed E-state index contributed by atoms with van der Waals surface area (Å²) in [7, 11) is 0. The molecule has 0 atom stereocenters. The number of ether oxygens (including phenoxy) is 1. The average Bonchev–Trinajstić information content (AvgIpc) is 3.05. The van der Waals surface area contributed by atoms with Crippen LogP contribution >= 0.6 is 27.3 Å². The van der Waals surface area contributed by atoms with E-state index in [-0.39, 0.29) is 17.7 Å². The predicted molar refractivity (Wildman–Crippen MR) is 97.8 cm³/mol. The summed E-state index contributed by atoms with van der Waals surface area (Å²) in [4.78, 5) is 29.6. The molecule has 0 radical (unpaired) electrons. The molecular weight excluding hydrogens is 392 g/mol. The first-order valence-corrected chi connectivity index (χ1v) is 9.83. The molecule has 3 heterocycles. The molecule has 2 aliphatic heterocycles. The molecule has 0 aliphatic carbocycles. The second-order valence-corrected chi connectivity index (χ2v) is 8.51. The fourth-order valence-electron chi connectivity index (χ4n) is 3.07. The molecule has 0 spiro atoms. The van der Waals surface area contributed by atoms with E-state index in [1.54, 1.807) is 17.4 Å². The number of likely N-dealkylation sites (tertiary alicyclic amines) is 1. The summed E-state index contributed by atoms with van der Waals surface area (Å²) in [5.41, 5.74) is 0. The van der Waals surface area contributed by atoms with E-state index >= 15 is 0 Å². The summed E-state index contributed by atoms with van der Waals surface area (Å²) < 4.78 is 6.35. The van der Waals surface area contributed by atoms with Gasteiger partial charge in [-0.05, 0) is 47.0 Å². The monoisotopic (exact) mass is 412 g/mol. The van der Waals surface area contributed by atoms with Crippen LogP contribution in [0.3, 0.4) is 0 Å². The van der Waals surface area contributed by atoms with Crippen LogP contribution in [0.25, 0.3) is 6.08 Å². The lowest BCUT2D eigenvalue weighted by Crippen LogP contribution is -2.47. The quantitative estimate of drug-likeness (QED) is 0.716. The number of amides is 2. The van der Waals surface area contributed by atoms with Crippen molar-refractivity contribution in [2.45, 2.75) is 12.8 Å². The number of thiophene rings is 1. The molecule has 24 heavy (non-hydrogen) atoms. The number of morpholine rings is 1. The minimum atomic E-state index is 0.0248. The molecule has 130 valence electrons. The van der Waals surface area contributed by atoms with Gasteiger partial charge in [0.15, 0.2) is 0 Å². The van der Waals surface area contributed by atoms with Gasteiger partial charge in [-0.25, -0.2) is 0 Å². The van der Waals surface area contributed by atoms with E-state index in [4.69, 9.17) is 4.74 Å². The maximum absolute atomic E-state index is 12.5. The zero-order chi connectivity index (χ0) is 16.9. The predicted octanol–water partition coefficient (Wildman–Crippen LogP) is 2.62. The molecule has 1 aromatic heterocycles. The molecule has 2 saturated heterocycles. The molecule has 5 nitrogen and oxygen atoms in total. The van der Waals surface area contributed by atoms with E-state index in [0.29, 0.717) is 39.4 Å². The summed E-state index contributed by atoms with van der Waals surface area (Å²) in [5, 5.41) is 0. The van der Waals surface area contributed by atoms with Gasteiger partial charge in [-0.15, -0.1) is 11.3 Å². The first-order valence-electron chi connectivity index (χ1n) is 8.22. The third-order valence-electron chi connectivity index (χ3n) is 4.46. The Bertz CT molecular complexity index is 617. The lowest BCUT2D eigenvalue weighted by atomic mass is 9.95. The summed E-state index contributed by atoms with van der Waals surface area (Å²) in [6.45, 7) is 3.95. The van der Waals surface area contributed by atoms with Crippen LogP contribution in [0, 0.1) is 5.92 Å². The number of hydrogen-bond acceptors (Lipinski definition) is 4. The number of piperidine rings is 1. The van der Waals surface area contributed by atoms with Crippen molar-refractivity contribution in [1.29, 1.82) is 0 Å². The van der Waals surface area contributed by atoms with Crippen LogP contribution in [0.1, 0.15) is 17.7 Å². The van der Waals surface area contributed by atoms with Crippen LogP contribution in [0.4, 0.5) is 0 Å². The van der Waals surface area contributed by atoms with Gasteiger partial charge >= 0.3 is 0 Å². The van der Waals surface area contributed by atoms with Crippen molar-refractivity contribution in [1.82, 2.24) is 9.80 Å². The molecule has 1 aromatic rings. The Morgan fingerprint density at radius 3 is 2.46 bits per heavy atom.